The van der Waals surface area contributed by atoms with Crippen molar-refractivity contribution in [1.29, 1.82) is 0 Å². The maximum atomic E-state index is 10.6. The molecule has 1 aliphatic heterocycles. The Bertz CT molecular complexity index is 412. The number of benzene rings is 1. The number of carbonyl (C=O) groups is 1. The zero-order chi connectivity index (χ0) is 11.8. The molecule has 0 unspecified atom stereocenters. The molecule has 0 atom stereocenters. The summed E-state index contributed by atoms with van der Waals surface area (Å²) in [4.78, 5) is 12.8. The van der Waals surface area contributed by atoms with Crippen molar-refractivity contribution < 1.29 is 9.53 Å². The van der Waals surface area contributed by atoms with Crippen LogP contribution in [0.4, 0.5) is 5.69 Å². The number of nitrogens with zero attached hydrogens (tertiary/aromatic N) is 1. The van der Waals surface area contributed by atoms with Gasteiger partial charge in [-0.05, 0) is 23.8 Å². The highest BCUT2D eigenvalue weighted by molar-refractivity contribution is 5.69. The Labute approximate surface area is 96.0 Å². The van der Waals surface area contributed by atoms with Crippen molar-refractivity contribution in [2.24, 2.45) is 0 Å². The highest BCUT2D eigenvalue weighted by atomic mass is 16.5. The third kappa shape index (κ3) is 1.66. The van der Waals surface area contributed by atoms with Gasteiger partial charge in [0, 0.05) is 17.6 Å². The lowest BCUT2D eigenvalue weighted by molar-refractivity contribution is -0.106. The highest BCUT2D eigenvalue weighted by Gasteiger charge is 2.34. The van der Waals surface area contributed by atoms with Crippen LogP contribution < -0.4 is 9.64 Å². The van der Waals surface area contributed by atoms with Gasteiger partial charge in [-0.25, -0.2) is 0 Å². The average Bonchev–Trinajstić information content (AvgIpc) is 2.51. The molecule has 2 rings (SSSR count). The molecule has 0 N–H and O–H groups in total. The monoisotopic (exact) mass is 219 g/mol. The van der Waals surface area contributed by atoms with Crippen molar-refractivity contribution in [3.8, 4) is 5.75 Å². The molecule has 0 aliphatic carbocycles. The molecule has 3 heteroatoms. The first-order valence-corrected chi connectivity index (χ1v) is 5.45. The van der Waals surface area contributed by atoms with Crippen molar-refractivity contribution in [2.75, 3.05) is 25.1 Å². The summed E-state index contributed by atoms with van der Waals surface area (Å²) < 4.78 is 5.24. The number of hydrogen-bond acceptors (Lipinski definition) is 3. The van der Waals surface area contributed by atoms with E-state index in [0.717, 1.165) is 24.3 Å². The number of hydrogen-bond donors (Lipinski definition) is 0. The largest absolute Gasteiger partial charge is 0.497 e. The molecular weight excluding hydrogens is 202 g/mol. The van der Waals surface area contributed by atoms with Crippen LogP contribution in [-0.4, -0.2) is 26.5 Å². The number of ether oxygens (including phenoxy) is 1. The maximum absolute atomic E-state index is 10.6. The Hall–Kier alpha value is -1.51. The topological polar surface area (TPSA) is 29.5 Å². The number of aldehydes is 1. The van der Waals surface area contributed by atoms with Gasteiger partial charge in [0.1, 0.15) is 12.0 Å². The predicted molar refractivity (Wildman–Crippen MR) is 64.3 cm³/mol. The molecule has 86 valence electrons. The third-order valence-corrected chi connectivity index (χ3v) is 3.15. The molecule has 0 saturated heterocycles. The third-order valence-electron chi connectivity index (χ3n) is 3.15. The van der Waals surface area contributed by atoms with E-state index in [2.05, 4.69) is 24.8 Å². The second-order valence-electron chi connectivity index (χ2n) is 4.81. The lowest BCUT2D eigenvalue weighted by Crippen LogP contribution is -2.29. The molecule has 3 nitrogen and oxygen atoms in total. The summed E-state index contributed by atoms with van der Waals surface area (Å²) in [6.07, 6.45) is 0.954. The zero-order valence-corrected chi connectivity index (χ0v) is 9.99. The van der Waals surface area contributed by atoms with Crippen LogP contribution in [0, 0.1) is 0 Å². The van der Waals surface area contributed by atoms with E-state index in [4.69, 9.17) is 4.74 Å². The summed E-state index contributed by atoms with van der Waals surface area (Å²) in [6, 6.07) is 6.05. The summed E-state index contributed by atoms with van der Waals surface area (Å²) in [5.74, 6) is 0.875. The Morgan fingerprint density at radius 1 is 1.50 bits per heavy atom. The molecule has 0 saturated carbocycles. The van der Waals surface area contributed by atoms with E-state index in [0.29, 0.717) is 6.54 Å². The molecule has 0 fully saturated rings. The number of rotatable bonds is 3. The van der Waals surface area contributed by atoms with Gasteiger partial charge in [0.2, 0.25) is 0 Å². The van der Waals surface area contributed by atoms with Crippen molar-refractivity contribution >= 4 is 12.0 Å². The number of anilines is 1. The second kappa shape index (κ2) is 3.81. The standard InChI is InChI=1S/C13H17NO2/c1-13(2)9-14(6-7-15)12-5-4-10(16-3)8-11(12)13/h4-5,7-8H,6,9H2,1-3H3. The highest BCUT2D eigenvalue weighted by Crippen LogP contribution is 2.41. The van der Waals surface area contributed by atoms with Crippen LogP contribution in [0.15, 0.2) is 18.2 Å². The summed E-state index contributed by atoms with van der Waals surface area (Å²) >= 11 is 0. The quantitative estimate of drug-likeness (QED) is 0.728. The average molecular weight is 219 g/mol. The van der Waals surface area contributed by atoms with E-state index in [1.165, 1.54) is 5.56 Å². The van der Waals surface area contributed by atoms with E-state index in [9.17, 15) is 4.79 Å². The van der Waals surface area contributed by atoms with Gasteiger partial charge in [0.05, 0.1) is 13.7 Å². The lowest BCUT2D eigenvalue weighted by Gasteiger charge is -2.20. The van der Waals surface area contributed by atoms with E-state index in [1.807, 2.05) is 12.1 Å². The van der Waals surface area contributed by atoms with Gasteiger partial charge in [0.25, 0.3) is 0 Å². The van der Waals surface area contributed by atoms with Crippen LogP contribution in [0.5, 0.6) is 5.75 Å². The molecular formula is C13H17NO2. The molecule has 1 heterocycles. The first-order valence-electron chi connectivity index (χ1n) is 5.45. The van der Waals surface area contributed by atoms with Crippen molar-refractivity contribution in [2.45, 2.75) is 19.3 Å². The van der Waals surface area contributed by atoms with Crippen LogP contribution >= 0.6 is 0 Å². The van der Waals surface area contributed by atoms with Gasteiger partial charge < -0.3 is 14.4 Å². The Morgan fingerprint density at radius 2 is 2.25 bits per heavy atom. The van der Waals surface area contributed by atoms with E-state index in [1.54, 1.807) is 7.11 Å². The van der Waals surface area contributed by atoms with E-state index >= 15 is 0 Å². The Morgan fingerprint density at radius 3 is 2.88 bits per heavy atom. The minimum Gasteiger partial charge on any atom is -0.497 e. The van der Waals surface area contributed by atoms with Gasteiger partial charge in [-0.1, -0.05) is 13.8 Å². The molecule has 16 heavy (non-hydrogen) atoms. The molecule has 1 aromatic rings. The van der Waals surface area contributed by atoms with Crippen molar-refractivity contribution in [1.82, 2.24) is 0 Å². The molecule has 0 bridgehead atoms. The molecule has 0 amide bonds. The fraction of sp³-hybridized carbons (Fsp3) is 0.462. The van der Waals surface area contributed by atoms with E-state index in [-0.39, 0.29) is 5.41 Å². The fourth-order valence-electron chi connectivity index (χ4n) is 2.36. The number of methoxy groups -OCH3 is 1. The van der Waals surface area contributed by atoms with E-state index < -0.39 is 0 Å². The molecule has 0 radical (unpaired) electrons. The van der Waals surface area contributed by atoms with Crippen LogP contribution in [0.3, 0.4) is 0 Å². The summed E-state index contributed by atoms with van der Waals surface area (Å²) in [5.41, 5.74) is 2.49. The van der Waals surface area contributed by atoms with Crippen LogP contribution in [0.1, 0.15) is 19.4 Å². The SMILES string of the molecule is COc1ccc2c(c1)C(C)(C)CN2CC=O. The predicted octanol–water partition coefficient (Wildman–Crippen LogP) is 1.99. The summed E-state index contributed by atoms with van der Waals surface area (Å²) in [5, 5.41) is 0. The summed E-state index contributed by atoms with van der Waals surface area (Å²) in [6.45, 7) is 5.73. The Kier molecular flexibility index (Phi) is 2.62. The first kappa shape index (κ1) is 11.0. The van der Waals surface area contributed by atoms with Crippen molar-refractivity contribution in [3.05, 3.63) is 23.8 Å². The summed E-state index contributed by atoms with van der Waals surface area (Å²) in [7, 11) is 1.67. The number of carbonyl (C=O) groups excluding carboxylic acids is 1. The maximum Gasteiger partial charge on any atom is 0.139 e. The van der Waals surface area contributed by atoms with Gasteiger partial charge in [0.15, 0.2) is 0 Å². The Balaban J connectivity index is 2.45. The van der Waals surface area contributed by atoms with Crippen LogP contribution in [-0.2, 0) is 10.2 Å². The first-order chi connectivity index (χ1) is 7.58. The lowest BCUT2D eigenvalue weighted by atomic mass is 9.87. The van der Waals surface area contributed by atoms with Gasteiger partial charge in [-0.15, -0.1) is 0 Å². The molecule has 0 spiro atoms. The van der Waals surface area contributed by atoms with Gasteiger partial charge in [-0.2, -0.15) is 0 Å². The number of fused-ring (bicyclic) bond motifs is 1. The zero-order valence-electron chi connectivity index (χ0n) is 9.99. The normalized spacial score (nSPS) is 17.1. The molecule has 1 aliphatic rings. The van der Waals surface area contributed by atoms with Crippen molar-refractivity contribution in [3.63, 3.8) is 0 Å². The minimum atomic E-state index is 0.0763. The fourth-order valence-corrected chi connectivity index (χ4v) is 2.36. The smallest absolute Gasteiger partial charge is 0.139 e. The van der Waals surface area contributed by atoms with Crippen LogP contribution in [0.25, 0.3) is 0 Å². The molecule has 0 aromatic heterocycles. The molecule has 1 aromatic carbocycles. The minimum absolute atomic E-state index is 0.0763. The van der Waals surface area contributed by atoms with Gasteiger partial charge >= 0.3 is 0 Å². The second-order valence-corrected chi connectivity index (χ2v) is 4.81. The van der Waals surface area contributed by atoms with Crippen LogP contribution in [0.2, 0.25) is 0 Å². The van der Waals surface area contributed by atoms with Gasteiger partial charge in [-0.3, -0.25) is 0 Å².